The summed E-state index contributed by atoms with van der Waals surface area (Å²) in [6, 6.07) is 0. The van der Waals surface area contributed by atoms with Crippen LogP contribution in [0.25, 0.3) is 0 Å². The van der Waals surface area contributed by atoms with Crippen molar-refractivity contribution in [2.45, 2.75) is 303 Å². The molecule has 0 saturated carbocycles. The number of hydrogen-bond acceptors (Lipinski definition) is 6. The van der Waals surface area contributed by atoms with Crippen LogP contribution in [-0.2, 0) is 28.6 Å². The van der Waals surface area contributed by atoms with Gasteiger partial charge >= 0.3 is 17.9 Å². The van der Waals surface area contributed by atoms with Crippen molar-refractivity contribution < 1.29 is 28.6 Å². The van der Waals surface area contributed by atoms with Gasteiger partial charge in [0, 0.05) is 19.3 Å². The first kappa shape index (κ1) is 77.3. The Morgan fingerprint density at radius 3 is 0.768 bits per heavy atom. The summed E-state index contributed by atoms with van der Waals surface area (Å²) in [6.45, 7) is 6.48. The smallest absolute Gasteiger partial charge is 0.306 e. The van der Waals surface area contributed by atoms with Crippen molar-refractivity contribution in [3.05, 3.63) is 146 Å². The fourth-order valence-corrected chi connectivity index (χ4v) is 9.03. The summed E-state index contributed by atoms with van der Waals surface area (Å²) in [4.78, 5) is 38.3. The molecule has 6 nitrogen and oxygen atoms in total. The zero-order valence-corrected chi connectivity index (χ0v) is 53.2. The van der Waals surface area contributed by atoms with Crippen LogP contribution in [0.2, 0.25) is 0 Å². The van der Waals surface area contributed by atoms with Crippen molar-refractivity contribution in [3.63, 3.8) is 0 Å². The van der Waals surface area contributed by atoms with Gasteiger partial charge in [0.2, 0.25) is 0 Å². The Kier molecular flexibility index (Phi) is 64.8. The fraction of sp³-hybridized carbons (Fsp3) is 0.645. The van der Waals surface area contributed by atoms with E-state index in [1.807, 2.05) is 0 Å². The summed E-state index contributed by atoms with van der Waals surface area (Å²) in [7, 11) is 0. The Morgan fingerprint density at radius 2 is 0.476 bits per heavy atom. The van der Waals surface area contributed by atoms with Gasteiger partial charge in [-0.1, -0.05) is 295 Å². The molecule has 0 rings (SSSR count). The summed E-state index contributed by atoms with van der Waals surface area (Å²) < 4.78 is 16.9. The van der Waals surface area contributed by atoms with Gasteiger partial charge in [-0.05, 0) is 128 Å². The van der Waals surface area contributed by atoms with Gasteiger partial charge < -0.3 is 14.2 Å². The summed E-state index contributed by atoms with van der Waals surface area (Å²) in [6.07, 6.45) is 98.6. The molecule has 0 aromatic carbocycles. The fourth-order valence-electron chi connectivity index (χ4n) is 9.03. The highest BCUT2D eigenvalue weighted by molar-refractivity contribution is 5.71. The molecule has 0 radical (unpaired) electrons. The highest BCUT2D eigenvalue weighted by Gasteiger charge is 2.19. The molecule has 0 aromatic rings. The predicted molar refractivity (Wildman–Crippen MR) is 357 cm³/mol. The van der Waals surface area contributed by atoms with Gasteiger partial charge in [0.1, 0.15) is 13.2 Å². The van der Waals surface area contributed by atoms with Crippen molar-refractivity contribution in [3.8, 4) is 0 Å². The summed E-state index contributed by atoms with van der Waals surface area (Å²) >= 11 is 0. The molecule has 0 aliphatic rings. The van der Waals surface area contributed by atoms with E-state index >= 15 is 0 Å². The molecule has 6 heteroatoms. The van der Waals surface area contributed by atoms with Crippen LogP contribution >= 0.6 is 0 Å². The van der Waals surface area contributed by atoms with E-state index in [2.05, 4.69) is 167 Å². The molecule has 0 bridgehead atoms. The molecule has 0 aromatic heterocycles. The number of carbonyl (C=O) groups excluding carboxylic acids is 3. The van der Waals surface area contributed by atoms with Crippen LogP contribution < -0.4 is 0 Å². The van der Waals surface area contributed by atoms with E-state index in [-0.39, 0.29) is 31.1 Å². The van der Waals surface area contributed by atoms with E-state index in [0.29, 0.717) is 19.3 Å². The third kappa shape index (κ3) is 66.1. The minimum atomic E-state index is -0.800. The average molecular weight is 1130 g/mol. The lowest BCUT2D eigenvalue weighted by molar-refractivity contribution is -0.167. The Morgan fingerprint density at radius 1 is 0.256 bits per heavy atom. The lowest BCUT2D eigenvalue weighted by Gasteiger charge is -2.18. The van der Waals surface area contributed by atoms with E-state index in [0.717, 1.165) is 161 Å². The SMILES string of the molecule is CC/C=C\C/C=C\C/C=C\C/C=C\C/C=C\C/C=C\C/C=C\C/C=C\C/C=C\C/C=C\CCCCCCC(=O)OCC(COC(=O)CCCCCCCCCCCCCCCC)OC(=O)CCCCCCC/C=C\C/C=C\CCCCC. The van der Waals surface area contributed by atoms with Crippen LogP contribution in [0, 0.1) is 0 Å². The number of carbonyl (C=O) groups is 3. The van der Waals surface area contributed by atoms with E-state index in [1.54, 1.807) is 0 Å². The topological polar surface area (TPSA) is 78.9 Å². The molecule has 0 aliphatic heterocycles. The third-order valence-corrected chi connectivity index (χ3v) is 14.1. The van der Waals surface area contributed by atoms with Crippen LogP contribution in [-0.4, -0.2) is 37.2 Å². The number of unbranched alkanes of at least 4 members (excludes halogenated alkanes) is 25. The third-order valence-electron chi connectivity index (χ3n) is 14.1. The molecule has 0 fully saturated rings. The highest BCUT2D eigenvalue weighted by Crippen LogP contribution is 2.15. The summed E-state index contributed by atoms with van der Waals surface area (Å²) in [5.74, 6) is -0.930. The molecule has 0 aliphatic carbocycles. The molecule has 0 amide bonds. The molecule has 1 atom stereocenters. The average Bonchev–Trinajstić information content (AvgIpc) is 3.48. The molecule has 82 heavy (non-hydrogen) atoms. The largest absolute Gasteiger partial charge is 0.462 e. The van der Waals surface area contributed by atoms with Crippen molar-refractivity contribution >= 4 is 17.9 Å². The van der Waals surface area contributed by atoms with Crippen LogP contribution in [0.5, 0.6) is 0 Å². The molecule has 0 N–H and O–H groups in total. The first-order valence-corrected chi connectivity index (χ1v) is 33.8. The van der Waals surface area contributed by atoms with Gasteiger partial charge in [-0.3, -0.25) is 14.4 Å². The van der Waals surface area contributed by atoms with E-state index in [1.165, 1.54) is 96.3 Å². The number of rotatable bonds is 60. The van der Waals surface area contributed by atoms with Gasteiger partial charge in [-0.25, -0.2) is 0 Å². The Balaban J connectivity index is 4.34. The van der Waals surface area contributed by atoms with Gasteiger partial charge in [-0.2, -0.15) is 0 Å². The summed E-state index contributed by atoms with van der Waals surface area (Å²) in [5, 5.41) is 0. The Labute approximate surface area is 506 Å². The van der Waals surface area contributed by atoms with Crippen molar-refractivity contribution in [2.75, 3.05) is 13.2 Å². The molecule has 1 unspecified atom stereocenters. The maximum atomic E-state index is 12.9. The maximum absolute atomic E-state index is 12.9. The van der Waals surface area contributed by atoms with E-state index in [4.69, 9.17) is 14.2 Å². The van der Waals surface area contributed by atoms with Gasteiger partial charge in [0.05, 0.1) is 0 Å². The number of ether oxygens (including phenoxy) is 3. The second-order valence-electron chi connectivity index (χ2n) is 22.0. The molecule has 0 heterocycles. The maximum Gasteiger partial charge on any atom is 0.306 e. The van der Waals surface area contributed by atoms with E-state index < -0.39 is 6.10 Å². The molecule has 464 valence electrons. The van der Waals surface area contributed by atoms with Gasteiger partial charge in [-0.15, -0.1) is 0 Å². The predicted octanol–water partition coefficient (Wildman–Crippen LogP) is 23.5. The van der Waals surface area contributed by atoms with Crippen LogP contribution in [0.3, 0.4) is 0 Å². The molecular weight excluding hydrogens is 1010 g/mol. The lowest BCUT2D eigenvalue weighted by Crippen LogP contribution is -2.30. The van der Waals surface area contributed by atoms with Crippen LogP contribution in [0.15, 0.2) is 146 Å². The second-order valence-corrected chi connectivity index (χ2v) is 22.0. The van der Waals surface area contributed by atoms with Gasteiger partial charge in [0.15, 0.2) is 6.10 Å². The van der Waals surface area contributed by atoms with Crippen molar-refractivity contribution in [2.24, 2.45) is 0 Å². The zero-order chi connectivity index (χ0) is 59.2. The van der Waals surface area contributed by atoms with Gasteiger partial charge in [0.25, 0.3) is 0 Å². The second kappa shape index (κ2) is 68.8. The number of hydrogen-bond donors (Lipinski definition) is 0. The summed E-state index contributed by atoms with van der Waals surface area (Å²) in [5.41, 5.74) is 0. The Bertz CT molecular complexity index is 1780. The monoisotopic (exact) mass is 1130 g/mol. The minimum absolute atomic E-state index is 0.0931. The zero-order valence-electron chi connectivity index (χ0n) is 53.2. The normalized spacial score (nSPS) is 13.1. The molecule has 0 saturated heterocycles. The lowest BCUT2D eigenvalue weighted by atomic mass is 10.0. The molecule has 0 spiro atoms. The van der Waals surface area contributed by atoms with Crippen molar-refractivity contribution in [1.29, 1.82) is 0 Å². The van der Waals surface area contributed by atoms with E-state index in [9.17, 15) is 14.4 Å². The standard InChI is InChI=1S/C76H124O6/c1-4-7-10-13-16-19-22-25-28-29-30-31-32-33-34-35-36-37-38-39-40-41-42-43-44-45-46-47-49-51-54-57-60-63-66-69-75(78)81-72-73(71-80-74(77)68-65-62-59-56-53-50-27-24-21-18-15-12-9-6-3)82-76(79)70-67-64-61-58-55-52-48-26-23-20-17-14-11-8-5-2/h7,10,16-17,19-20,25-26,28,30-31,33-34,36-37,39-40,42-43,45-46,48-49,51,73H,4-6,8-9,11-15,18,21-24,27,29,32,35,38,41,44,47,50,52-72H2,1-3H3/b10-7-,19-16-,20-17-,28-25-,31-30-,34-33-,37-36-,40-39-,43-42-,46-45-,48-26-,51-49-. The quantitative estimate of drug-likeness (QED) is 0.0261. The first-order chi connectivity index (χ1) is 40.5. The molecular formula is C76H124O6. The van der Waals surface area contributed by atoms with Crippen molar-refractivity contribution in [1.82, 2.24) is 0 Å². The number of allylic oxidation sites excluding steroid dienone is 24. The number of esters is 3. The minimum Gasteiger partial charge on any atom is -0.462 e. The van der Waals surface area contributed by atoms with Crippen LogP contribution in [0.4, 0.5) is 0 Å². The van der Waals surface area contributed by atoms with Crippen LogP contribution in [0.1, 0.15) is 297 Å². The first-order valence-electron chi connectivity index (χ1n) is 33.8. The highest BCUT2D eigenvalue weighted by atomic mass is 16.6. The Hall–Kier alpha value is -4.71.